The van der Waals surface area contributed by atoms with Gasteiger partial charge in [0.25, 0.3) is 5.91 Å². The van der Waals surface area contributed by atoms with Gasteiger partial charge in [-0.3, -0.25) is 28.8 Å². The largest absolute Gasteiger partial charge is 0.463 e. The minimum Gasteiger partial charge on any atom is -0.463 e. The summed E-state index contributed by atoms with van der Waals surface area (Å²) in [4.78, 5) is 80.7. The maximum absolute atomic E-state index is 13.2. The lowest BCUT2D eigenvalue weighted by atomic mass is 9.83. The van der Waals surface area contributed by atoms with Crippen LogP contribution >= 0.6 is 0 Å². The Morgan fingerprint density at radius 2 is 1.42 bits per heavy atom. The molecule has 24 heteroatoms. The van der Waals surface area contributed by atoms with E-state index in [4.69, 9.17) is 38.7 Å². The smallest absolute Gasteiger partial charge is 0.303 e. The molecule has 0 aromatic heterocycles. The minimum atomic E-state index is -1.93. The molecule has 1 heterocycles. The van der Waals surface area contributed by atoms with Gasteiger partial charge in [-0.25, -0.2) is 0 Å². The number of amides is 1. The average molecular weight is 713 g/mol. The lowest BCUT2D eigenvalue weighted by molar-refractivity contribution is -0.298. The Labute approximate surface area is 282 Å². The molecule has 1 aliphatic carbocycles. The van der Waals surface area contributed by atoms with Crippen molar-refractivity contribution in [2.75, 3.05) is 13.2 Å². The van der Waals surface area contributed by atoms with Crippen LogP contribution in [0.2, 0.25) is 0 Å². The molecule has 11 atom stereocenters. The van der Waals surface area contributed by atoms with Crippen molar-refractivity contribution >= 4 is 35.8 Å². The van der Waals surface area contributed by atoms with Crippen molar-refractivity contribution in [1.82, 2.24) is 5.32 Å². The van der Waals surface area contributed by atoms with Crippen LogP contribution in [-0.2, 0) is 61.9 Å². The zero-order valence-electron chi connectivity index (χ0n) is 27.5. The number of ether oxygens (including phenoxy) is 7. The lowest BCUT2D eigenvalue weighted by Gasteiger charge is -2.47. The molecule has 0 spiro atoms. The van der Waals surface area contributed by atoms with Gasteiger partial charge in [-0.2, -0.15) is 0 Å². The van der Waals surface area contributed by atoms with E-state index < -0.39 is 110 Å². The summed E-state index contributed by atoms with van der Waals surface area (Å²) in [6.07, 6.45) is -13.6. The first-order valence-electron chi connectivity index (χ1n) is 14.8. The third kappa shape index (κ3) is 11.9. The molecular weight excluding hydrogens is 676 g/mol. The van der Waals surface area contributed by atoms with E-state index in [1.54, 1.807) is 0 Å². The number of rotatable bonds is 15. The Morgan fingerprint density at radius 1 is 0.820 bits per heavy atom. The molecule has 7 unspecified atom stereocenters. The van der Waals surface area contributed by atoms with Crippen LogP contribution in [-0.4, -0.2) is 121 Å². The second-order valence-electron chi connectivity index (χ2n) is 10.8. The molecular formula is C26H36N10O14. The van der Waals surface area contributed by atoms with Crippen molar-refractivity contribution in [3.8, 4) is 0 Å². The summed E-state index contributed by atoms with van der Waals surface area (Å²) in [5.41, 5.74) is 27.3. The van der Waals surface area contributed by atoms with Crippen LogP contribution in [0.4, 0.5) is 0 Å². The Morgan fingerprint density at radius 3 is 1.96 bits per heavy atom. The first-order chi connectivity index (χ1) is 23.6. The number of carbonyl (C=O) groups is 6. The van der Waals surface area contributed by atoms with Crippen molar-refractivity contribution in [3.63, 3.8) is 0 Å². The highest BCUT2D eigenvalue weighted by Crippen LogP contribution is 2.35. The third-order valence-electron chi connectivity index (χ3n) is 7.08. The molecule has 2 fully saturated rings. The molecule has 1 saturated carbocycles. The van der Waals surface area contributed by atoms with Crippen molar-refractivity contribution in [2.24, 2.45) is 15.3 Å². The van der Waals surface area contributed by atoms with Gasteiger partial charge in [0.1, 0.15) is 24.9 Å². The highest BCUT2D eigenvalue weighted by Gasteiger charge is 2.54. The van der Waals surface area contributed by atoms with Crippen LogP contribution in [0.3, 0.4) is 0 Å². The molecule has 0 aromatic carbocycles. The van der Waals surface area contributed by atoms with Crippen molar-refractivity contribution < 1.29 is 67.0 Å². The number of esters is 5. The molecule has 0 radical (unpaired) electrons. The molecule has 0 aromatic rings. The van der Waals surface area contributed by atoms with E-state index in [0.29, 0.717) is 0 Å². The molecule has 1 aliphatic heterocycles. The molecule has 274 valence electrons. The van der Waals surface area contributed by atoms with Gasteiger partial charge in [0.2, 0.25) is 0 Å². The maximum Gasteiger partial charge on any atom is 0.303 e. The number of nitrogens with one attached hydrogen (secondary N) is 1. The molecule has 1 amide bonds. The van der Waals surface area contributed by atoms with E-state index in [-0.39, 0.29) is 19.4 Å². The lowest BCUT2D eigenvalue weighted by Crippen LogP contribution is -2.66. The first-order valence-corrected chi connectivity index (χ1v) is 14.8. The summed E-state index contributed by atoms with van der Waals surface area (Å²) >= 11 is 0. The highest BCUT2D eigenvalue weighted by atomic mass is 16.7. The number of carbonyl (C=O) groups excluding carboxylic acids is 6. The normalized spacial score (nSPS) is 29.2. The monoisotopic (exact) mass is 712 g/mol. The predicted molar refractivity (Wildman–Crippen MR) is 159 cm³/mol. The van der Waals surface area contributed by atoms with Crippen LogP contribution in [0.15, 0.2) is 15.3 Å². The molecule has 24 nitrogen and oxygen atoms in total. The van der Waals surface area contributed by atoms with E-state index in [0.717, 1.165) is 34.6 Å². The van der Waals surface area contributed by atoms with Gasteiger partial charge in [-0.15, -0.1) is 0 Å². The van der Waals surface area contributed by atoms with Gasteiger partial charge in [0.05, 0.1) is 18.2 Å². The van der Waals surface area contributed by atoms with Gasteiger partial charge in [-0.05, 0) is 29.4 Å². The Bertz CT molecular complexity index is 1430. The molecule has 1 saturated heterocycles. The average Bonchev–Trinajstić information content (AvgIpc) is 3.01. The van der Waals surface area contributed by atoms with E-state index >= 15 is 0 Å². The summed E-state index contributed by atoms with van der Waals surface area (Å²) in [5.74, 6) is -5.26. The van der Waals surface area contributed by atoms with E-state index in [2.05, 4.69) is 35.4 Å². The number of hydrogen-bond acceptors (Lipinski definition) is 17. The number of nitrogens with zero attached hydrogens (tertiary/aromatic N) is 9. The Balaban J connectivity index is 2.55. The number of hydrogen-bond donors (Lipinski definition) is 2. The van der Waals surface area contributed by atoms with Crippen molar-refractivity contribution in [2.45, 2.75) is 115 Å². The minimum absolute atomic E-state index is 0.235. The molecule has 50 heavy (non-hydrogen) atoms. The standard InChI is InChI=1S/C26H36N10O14/c1-10(37)44-9-18-23(47-13(4)40)24(48-14(5)41)19(33-36-29)26(49-18)50-22-16(32-35-28)8-15(21(20(22)42)46-12(3)39)31-25(43)17(45-11(2)38)6-7-30-34-27/h15-24,26,42H,6-9H2,1-5H3,(H,31,43)/t15-,16?,17?,18?,19?,20?,21?,22-,23-,24?,26-/m1/s1. The molecule has 2 N–H and O–H groups in total. The maximum atomic E-state index is 13.2. The van der Waals surface area contributed by atoms with E-state index in [1.807, 2.05) is 0 Å². The summed E-state index contributed by atoms with van der Waals surface area (Å²) < 4.78 is 37.9. The predicted octanol–water partition coefficient (Wildman–Crippen LogP) is 0.694. The first kappa shape index (κ1) is 40.8. The SMILES string of the molecule is CC(=O)OCC1O[C@H](O[C@@H]2C(N=[N+]=[N-])C[C@@H](NC(=O)C(CCN=[N+]=[N-])OC(C)=O)C(OC(C)=O)C2O)C(N=[N+]=[N-])C(OC(C)=O)[C@@H]1OC(C)=O. The number of aliphatic hydroxyl groups excluding tert-OH is 1. The van der Waals surface area contributed by atoms with Crippen molar-refractivity contribution in [1.29, 1.82) is 0 Å². The van der Waals surface area contributed by atoms with Gasteiger partial charge >= 0.3 is 29.8 Å². The molecule has 0 bridgehead atoms. The van der Waals surface area contributed by atoms with Gasteiger partial charge in [-0.1, -0.05) is 15.3 Å². The fraction of sp³-hybridized carbons (Fsp3) is 0.769. The topological polar surface area (TPSA) is 346 Å². The summed E-state index contributed by atoms with van der Waals surface area (Å²) in [5, 5.41) is 24.6. The Kier molecular flexibility index (Phi) is 16.0. The quantitative estimate of drug-likeness (QED) is 0.0776. The van der Waals surface area contributed by atoms with E-state index in [1.165, 1.54) is 0 Å². The molecule has 2 rings (SSSR count). The van der Waals surface area contributed by atoms with Gasteiger partial charge in [0, 0.05) is 55.9 Å². The van der Waals surface area contributed by atoms with Crippen LogP contribution in [0, 0.1) is 0 Å². The second kappa shape index (κ2) is 19.6. The fourth-order valence-corrected chi connectivity index (χ4v) is 5.29. The zero-order chi connectivity index (χ0) is 37.5. The van der Waals surface area contributed by atoms with Crippen molar-refractivity contribution in [3.05, 3.63) is 31.3 Å². The summed E-state index contributed by atoms with van der Waals surface area (Å²) in [6.45, 7) is 4.32. The third-order valence-corrected chi connectivity index (χ3v) is 7.08. The fourth-order valence-electron chi connectivity index (χ4n) is 5.29. The second-order valence-corrected chi connectivity index (χ2v) is 10.8. The number of azide groups is 3. The van der Waals surface area contributed by atoms with E-state index in [9.17, 15) is 44.9 Å². The number of aliphatic hydroxyl groups is 1. The van der Waals surface area contributed by atoms with Crippen LogP contribution in [0.1, 0.15) is 47.5 Å². The van der Waals surface area contributed by atoms with Crippen LogP contribution in [0.5, 0.6) is 0 Å². The summed E-state index contributed by atoms with van der Waals surface area (Å²) in [6, 6.07) is -4.33. The zero-order valence-corrected chi connectivity index (χ0v) is 27.5. The van der Waals surface area contributed by atoms with Crippen LogP contribution in [0.25, 0.3) is 31.3 Å². The van der Waals surface area contributed by atoms with Gasteiger partial charge in [0.15, 0.2) is 30.7 Å². The van der Waals surface area contributed by atoms with Crippen LogP contribution < -0.4 is 5.32 Å². The van der Waals surface area contributed by atoms with Gasteiger partial charge < -0.3 is 43.6 Å². The Hall–Kier alpha value is -5.37. The summed E-state index contributed by atoms with van der Waals surface area (Å²) in [7, 11) is 0. The highest BCUT2D eigenvalue weighted by molar-refractivity contribution is 5.83. The molecule has 2 aliphatic rings.